The third kappa shape index (κ3) is 5.09. The first-order valence-corrected chi connectivity index (χ1v) is 10.9. The Labute approximate surface area is 180 Å². The lowest BCUT2D eigenvalue weighted by Gasteiger charge is -2.33. The topological polar surface area (TPSA) is 55.4 Å². The number of rotatable bonds is 4. The van der Waals surface area contributed by atoms with Crippen molar-refractivity contribution in [3.8, 4) is 0 Å². The van der Waals surface area contributed by atoms with Crippen molar-refractivity contribution in [3.05, 3.63) is 56.9 Å². The Bertz CT molecular complexity index is 938. The summed E-state index contributed by atoms with van der Waals surface area (Å²) in [6.45, 7) is 6.76. The summed E-state index contributed by atoms with van der Waals surface area (Å²) in [5, 5.41) is 4.10. The van der Waals surface area contributed by atoms with Crippen LogP contribution >= 0.6 is 22.9 Å². The SMILES string of the molecule is COC(=O)c1c(NC(=O)C=Cc2ccc(Cl)cc2)sc2c1CCC(C(C)(C)C)C2. The Hall–Kier alpha value is -2.11. The number of amides is 1. The van der Waals surface area contributed by atoms with Gasteiger partial charge < -0.3 is 10.1 Å². The van der Waals surface area contributed by atoms with Crippen molar-refractivity contribution in [2.45, 2.75) is 40.0 Å². The van der Waals surface area contributed by atoms with Crippen LogP contribution in [0, 0.1) is 11.3 Å². The van der Waals surface area contributed by atoms with E-state index in [4.69, 9.17) is 16.3 Å². The Kier molecular flexibility index (Phi) is 6.49. The van der Waals surface area contributed by atoms with Gasteiger partial charge in [-0.25, -0.2) is 4.79 Å². The zero-order valence-electron chi connectivity index (χ0n) is 17.2. The molecule has 0 fully saturated rings. The number of esters is 1. The van der Waals surface area contributed by atoms with Crippen LogP contribution in [0.25, 0.3) is 6.08 Å². The van der Waals surface area contributed by atoms with Gasteiger partial charge in [0.05, 0.1) is 12.7 Å². The Morgan fingerprint density at radius 2 is 1.93 bits per heavy atom. The van der Waals surface area contributed by atoms with Crippen LogP contribution in [0.1, 0.15) is 53.6 Å². The Morgan fingerprint density at radius 1 is 1.24 bits per heavy atom. The molecular formula is C23H26ClNO3S. The van der Waals surface area contributed by atoms with Crippen molar-refractivity contribution >= 4 is 45.9 Å². The predicted octanol–water partition coefficient (Wildman–Crippen LogP) is 5.99. The summed E-state index contributed by atoms with van der Waals surface area (Å²) < 4.78 is 5.00. The van der Waals surface area contributed by atoms with E-state index < -0.39 is 5.97 Å². The van der Waals surface area contributed by atoms with Crippen molar-refractivity contribution in [1.29, 1.82) is 0 Å². The monoisotopic (exact) mass is 431 g/mol. The molecule has 1 atom stereocenters. The maximum atomic E-state index is 12.5. The number of carbonyl (C=O) groups excluding carboxylic acids is 2. The second kappa shape index (κ2) is 8.72. The van der Waals surface area contributed by atoms with Gasteiger partial charge >= 0.3 is 5.97 Å². The third-order valence-corrected chi connectivity index (χ3v) is 6.84. The van der Waals surface area contributed by atoms with Crippen molar-refractivity contribution in [1.82, 2.24) is 0 Å². The fourth-order valence-electron chi connectivity index (χ4n) is 3.63. The van der Waals surface area contributed by atoms with Gasteiger partial charge in [0.25, 0.3) is 0 Å². The summed E-state index contributed by atoms with van der Waals surface area (Å²) >= 11 is 7.38. The van der Waals surface area contributed by atoms with E-state index in [9.17, 15) is 9.59 Å². The third-order valence-electron chi connectivity index (χ3n) is 5.41. The molecule has 1 aromatic carbocycles. The van der Waals surface area contributed by atoms with Crippen molar-refractivity contribution < 1.29 is 14.3 Å². The van der Waals surface area contributed by atoms with E-state index in [0.717, 1.165) is 30.4 Å². The van der Waals surface area contributed by atoms with Crippen LogP contribution in [-0.2, 0) is 22.4 Å². The lowest BCUT2D eigenvalue weighted by atomic mass is 9.72. The number of nitrogens with one attached hydrogen (secondary N) is 1. The number of benzene rings is 1. The molecule has 0 saturated heterocycles. The van der Waals surface area contributed by atoms with E-state index >= 15 is 0 Å². The van der Waals surface area contributed by atoms with E-state index in [0.29, 0.717) is 21.5 Å². The quantitative estimate of drug-likeness (QED) is 0.477. The van der Waals surface area contributed by atoms with Gasteiger partial charge in [0.1, 0.15) is 5.00 Å². The van der Waals surface area contributed by atoms with Crippen LogP contribution in [0.3, 0.4) is 0 Å². The highest BCUT2D eigenvalue weighted by molar-refractivity contribution is 7.17. The zero-order valence-corrected chi connectivity index (χ0v) is 18.7. The number of halogens is 1. The summed E-state index contributed by atoms with van der Waals surface area (Å²) in [5.74, 6) is -0.128. The van der Waals surface area contributed by atoms with Gasteiger partial charge in [0, 0.05) is 16.0 Å². The number of anilines is 1. The molecule has 0 bridgehead atoms. The van der Waals surface area contributed by atoms with Gasteiger partial charge in [-0.3, -0.25) is 4.79 Å². The largest absolute Gasteiger partial charge is 0.465 e. The molecule has 1 N–H and O–H groups in total. The smallest absolute Gasteiger partial charge is 0.341 e. The van der Waals surface area contributed by atoms with E-state index in [1.54, 1.807) is 18.2 Å². The second-order valence-corrected chi connectivity index (χ2v) is 9.92. The standard InChI is InChI=1S/C23H26ClNO3S/c1-23(2,3)15-8-11-17-18(13-15)29-21(20(17)22(27)28-4)25-19(26)12-7-14-5-9-16(24)10-6-14/h5-7,9-10,12,15H,8,11,13H2,1-4H3,(H,25,26). The summed E-state index contributed by atoms with van der Waals surface area (Å²) in [6.07, 6.45) is 5.95. The molecule has 2 aromatic rings. The molecule has 1 aliphatic rings. The van der Waals surface area contributed by atoms with Gasteiger partial charge in [-0.05, 0) is 59.9 Å². The first-order chi connectivity index (χ1) is 13.7. The van der Waals surface area contributed by atoms with Crippen molar-refractivity contribution in [2.75, 3.05) is 12.4 Å². The van der Waals surface area contributed by atoms with Crippen LogP contribution in [0.5, 0.6) is 0 Å². The molecule has 0 radical (unpaired) electrons. The Morgan fingerprint density at radius 3 is 2.55 bits per heavy atom. The van der Waals surface area contributed by atoms with Crippen LogP contribution < -0.4 is 5.32 Å². The van der Waals surface area contributed by atoms with E-state index in [1.165, 1.54) is 29.4 Å². The lowest BCUT2D eigenvalue weighted by molar-refractivity contribution is -0.111. The van der Waals surface area contributed by atoms with E-state index in [-0.39, 0.29) is 11.3 Å². The molecule has 154 valence electrons. The highest BCUT2D eigenvalue weighted by atomic mass is 35.5. The second-order valence-electron chi connectivity index (χ2n) is 8.38. The summed E-state index contributed by atoms with van der Waals surface area (Å²) in [4.78, 5) is 26.1. The molecule has 1 unspecified atom stereocenters. The molecule has 6 heteroatoms. The van der Waals surface area contributed by atoms with Gasteiger partial charge in [-0.1, -0.05) is 44.5 Å². The van der Waals surface area contributed by atoms with Gasteiger partial charge in [-0.2, -0.15) is 0 Å². The minimum atomic E-state index is -0.395. The predicted molar refractivity (Wildman–Crippen MR) is 120 cm³/mol. The number of thiophene rings is 1. The molecule has 0 spiro atoms. The lowest BCUT2D eigenvalue weighted by Crippen LogP contribution is -2.26. The molecule has 1 heterocycles. The number of hydrogen-bond acceptors (Lipinski definition) is 4. The minimum absolute atomic E-state index is 0.206. The normalized spacial score (nSPS) is 16.5. The highest BCUT2D eigenvalue weighted by Crippen LogP contribution is 2.44. The molecule has 29 heavy (non-hydrogen) atoms. The summed E-state index contributed by atoms with van der Waals surface area (Å²) in [6, 6.07) is 7.21. The first-order valence-electron chi connectivity index (χ1n) is 9.66. The number of methoxy groups -OCH3 is 1. The van der Waals surface area contributed by atoms with Crippen molar-refractivity contribution in [2.24, 2.45) is 11.3 Å². The van der Waals surface area contributed by atoms with Gasteiger partial charge in [0.2, 0.25) is 5.91 Å². The Balaban J connectivity index is 1.83. The molecular weight excluding hydrogens is 406 g/mol. The van der Waals surface area contributed by atoms with Crippen LogP contribution in [-0.4, -0.2) is 19.0 Å². The molecule has 4 nitrogen and oxygen atoms in total. The number of carbonyl (C=O) groups is 2. The molecule has 1 amide bonds. The molecule has 0 aliphatic heterocycles. The molecule has 1 aliphatic carbocycles. The molecule has 1 aromatic heterocycles. The maximum absolute atomic E-state index is 12.5. The number of ether oxygens (including phenoxy) is 1. The zero-order chi connectivity index (χ0) is 21.2. The van der Waals surface area contributed by atoms with Gasteiger partial charge in [0.15, 0.2) is 0 Å². The van der Waals surface area contributed by atoms with E-state index in [1.807, 2.05) is 12.1 Å². The van der Waals surface area contributed by atoms with E-state index in [2.05, 4.69) is 26.1 Å². The van der Waals surface area contributed by atoms with Crippen LogP contribution in [0.4, 0.5) is 5.00 Å². The average Bonchev–Trinajstić information content (AvgIpc) is 3.03. The summed E-state index contributed by atoms with van der Waals surface area (Å²) in [5.41, 5.74) is 2.61. The summed E-state index contributed by atoms with van der Waals surface area (Å²) in [7, 11) is 1.37. The van der Waals surface area contributed by atoms with Gasteiger partial charge in [-0.15, -0.1) is 11.3 Å². The molecule has 0 saturated carbocycles. The fourth-order valence-corrected chi connectivity index (χ4v) is 5.07. The molecule has 3 rings (SSSR count). The number of fused-ring (bicyclic) bond motifs is 1. The van der Waals surface area contributed by atoms with Crippen LogP contribution in [0.15, 0.2) is 30.3 Å². The van der Waals surface area contributed by atoms with Crippen molar-refractivity contribution in [3.63, 3.8) is 0 Å². The highest BCUT2D eigenvalue weighted by Gasteiger charge is 2.34. The average molecular weight is 432 g/mol. The number of hydrogen-bond donors (Lipinski definition) is 1. The maximum Gasteiger partial charge on any atom is 0.341 e. The van der Waals surface area contributed by atoms with Crippen LogP contribution in [0.2, 0.25) is 5.02 Å². The fraction of sp³-hybridized carbons (Fsp3) is 0.391. The first kappa shape index (κ1) is 21.6. The minimum Gasteiger partial charge on any atom is -0.465 e.